The fourth-order valence-electron chi connectivity index (χ4n) is 4.70. The average molecular weight is 423 g/mol. The molecule has 0 aliphatic carbocycles. The van der Waals surface area contributed by atoms with Crippen molar-refractivity contribution in [1.29, 1.82) is 0 Å². The van der Waals surface area contributed by atoms with Gasteiger partial charge in [0.25, 0.3) is 5.91 Å². The molecular formula is C25H34N4O2. The lowest BCUT2D eigenvalue weighted by Crippen LogP contribution is -2.50. The van der Waals surface area contributed by atoms with E-state index in [2.05, 4.69) is 33.8 Å². The van der Waals surface area contributed by atoms with Crippen molar-refractivity contribution in [3.8, 4) is 5.75 Å². The van der Waals surface area contributed by atoms with Crippen molar-refractivity contribution in [2.75, 3.05) is 57.3 Å². The zero-order valence-corrected chi connectivity index (χ0v) is 18.8. The van der Waals surface area contributed by atoms with Crippen molar-refractivity contribution in [2.45, 2.75) is 26.7 Å². The second-order valence-electron chi connectivity index (χ2n) is 8.88. The van der Waals surface area contributed by atoms with E-state index in [0.717, 1.165) is 69.4 Å². The van der Waals surface area contributed by atoms with Crippen molar-refractivity contribution >= 4 is 11.7 Å². The Labute approximate surface area is 185 Å². The van der Waals surface area contributed by atoms with Gasteiger partial charge in [0.2, 0.25) is 0 Å². The van der Waals surface area contributed by atoms with E-state index in [1.807, 2.05) is 42.3 Å². The smallest absolute Gasteiger partial charge is 0.260 e. The second-order valence-corrected chi connectivity index (χ2v) is 8.88. The Morgan fingerprint density at radius 2 is 1.94 bits per heavy atom. The van der Waals surface area contributed by atoms with Gasteiger partial charge in [-0.3, -0.25) is 9.69 Å². The van der Waals surface area contributed by atoms with Crippen LogP contribution in [0, 0.1) is 19.8 Å². The van der Waals surface area contributed by atoms with E-state index >= 15 is 0 Å². The molecule has 1 amide bonds. The molecule has 0 N–H and O–H groups in total. The van der Waals surface area contributed by atoms with Gasteiger partial charge in [0, 0.05) is 52.0 Å². The maximum absolute atomic E-state index is 12.8. The number of rotatable bonds is 6. The summed E-state index contributed by atoms with van der Waals surface area (Å²) in [5.41, 5.74) is 2.28. The number of carbonyl (C=O) groups excluding carboxylic acids is 1. The number of aromatic nitrogens is 1. The lowest BCUT2D eigenvalue weighted by molar-refractivity contribution is -0.135. The minimum atomic E-state index is 0.102. The number of carbonyl (C=O) groups is 1. The first-order valence-corrected chi connectivity index (χ1v) is 11.4. The minimum absolute atomic E-state index is 0.102. The largest absolute Gasteiger partial charge is 0.484 e. The molecule has 4 rings (SSSR count). The van der Waals surface area contributed by atoms with Gasteiger partial charge in [-0.1, -0.05) is 23.8 Å². The van der Waals surface area contributed by atoms with Crippen molar-refractivity contribution in [3.05, 3.63) is 53.7 Å². The Kier molecular flexibility index (Phi) is 7.07. The highest BCUT2D eigenvalue weighted by Gasteiger charge is 2.27. The molecule has 2 aromatic rings. The number of hydrogen-bond acceptors (Lipinski definition) is 5. The molecule has 6 heteroatoms. The molecule has 6 nitrogen and oxygen atoms in total. The molecule has 2 aliphatic rings. The topological polar surface area (TPSA) is 48.9 Å². The van der Waals surface area contributed by atoms with Crippen molar-refractivity contribution < 1.29 is 9.53 Å². The van der Waals surface area contributed by atoms with Crippen LogP contribution in [-0.4, -0.2) is 73.1 Å². The number of nitrogens with zero attached hydrogens (tertiary/aromatic N) is 4. The molecule has 1 unspecified atom stereocenters. The van der Waals surface area contributed by atoms with Crippen LogP contribution in [0.4, 0.5) is 5.82 Å². The van der Waals surface area contributed by atoms with Gasteiger partial charge in [-0.05, 0) is 56.4 Å². The number of hydrogen-bond donors (Lipinski definition) is 0. The molecule has 2 saturated heterocycles. The maximum atomic E-state index is 12.8. The Bertz CT molecular complexity index is 865. The molecule has 0 saturated carbocycles. The summed E-state index contributed by atoms with van der Waals surface area (Å²) < 4.78 is 5.83. The molecule has 2 aliphatic heterocycles. The molecule has 31 heavy (non-hydrogen) atoms. The molecular weight excluding hydrogens is 388 g/mol. The van der Waals surface area contributed by atoms with Gasteiger partial charge in [-0.15, -0.1) is 0 Å². The van der Waals surface area contributed by atoms with Crippen LogP contribution in [0.5, 0.6) is 5.75 Å². The van der Waals surface area contributed by atoms with Gasteiger partial charge in [0.15, 0.2) is 6.61 Å². The number of aryl methyl sites for hydroxylation is 2. The first-order valence-electron chi connectivity index (χ1n) is 11.4. The average Bonchev–Trinajstić information content (AvgIpc) is 2.79. The van der Waals surface area contributed by atoms with Gasteiger partial charge >= 0.3 is 0 Å². The van der Waals surface area contributed by atoms with E-state index in [0.29, 0.717) is 5.92 Å². The number of likely N-dealkylation sites (tertiary alicyclic amines) is 1. The second kappa shape index (κ2) is 10.1. The lowest BCUT2D eigenvalue weighted by Gasteiger charge is -2.39. The third-order valence-corrected chi connectivity index (χ3v) is 6.42. The van der Waals surface area contributed by atoms with Crippen LogP contribution in [0.3, 0.4) is 0 Å². The van der Waals surface area contributed by atoms with E-state index in [-0.39, 0.29) is 12.5 Å². The predicted octanol–water partition coefficient (Wildman–Crippen LogP) is 3.14. The Morgan fingerprint density at radius 3 is 2.68 bits per heavy atom. The van der Waals surface area contributed by atoms with E-state index in [1.165, 1.54) is 12.0 Å². The summed E-state index contributed by atoms with van der Waals surface area (Å²) in [6, 6.07) is 12.2. The zero-order valence-electron chi connectivity index (χ0n) is 18.8. The van der Waals surface area contributed by atoms with E-state index in [4.69, 9.17) is 4.74 Å². The summed E-state index contributed by atoms with van der Waals surface area (Å²) in [6.07, 6.45) is 4.13. The van der Waals surface area contributed by atoms with Crippen molar-refractivity contribution in [3.63, 3.8) is 0 Å². The van der Waals surface area contributed by atoms with Crippen LogP contribution in [-0.2, 0) is 4.79 Å². The number of amides is 1. The molecule has 0 radical (unpaired) electrons. The third kappa shape index (κ3) is 5.76. The highest BCUT2D eigenvalue weighted by atomic mass is 16.5. The van der Waals surface area contributed by atoms with Crippen molar-refractivity contribution in [1.82, 2.24) is 14.8 Å². The summed E-state index contributed by atoms with van der Waals surface area (Å²) in [4.78, 5) is 24.1. The minimum Gasteiger partial charge on any atom is -0.484 e. The number of pyridine rings is 1. The fraction of sp³-hybridized carbons (Fsp3) is 0.520. The first-order chi connectivity index (χ1) is 15.1. The third-order valence-electron chi connectivity index (χ3n) is 6.42. The van der Waals surface area contributed by atoms with Crippen LogP contribution in [0.2, 0.25) is 0 Å². The summed E-state index contributed by atoms with van der Waals surface area (Å²) in [5, 5.41) is 0. The van der Waals surface area contributed by atoms with Gasteiger partial charge in [0.1, 0.15) is 11.6 Å². The van der Waals surface area contributed by atoms with Crippen LogP contribution in [0.1, 0.15) is 24.0 Å². The normalized spacial score (nSPS) is 20.0. The molecule has 0 bridgehead atoms. The number of benzene rings is 1. The van der Waals surface area contributed by atoms with E-state index < -0.39 is 0 Å². The van der Waals surface area contributed by atoms with Crippen LogP contribution in [0.25, 0.3) is 0 Å². The SMILES string of the molecule is Cc1ccc(OCC(=O)N2CCCC(CN3CCN(c4ccccn4)CC3)C2)c(C)c1. The number of ether oxygens (including phenoxy) is 1. The highest BCUT2D eigenvalue weighted by Crippen LogP contribution is 2.21. The van der Waals surface area contributed by atoms with Crippen LogP contribution >= 0.6 is 0 Å². The lowest BCUT2D eigenvalue weighted by atomic mass is 9.97. The summed E-state index contributed by atoms with van der Waals surface area (Å²) in [7, 11) is 0. The molecule has 1 aromatic carbocycles. The summed E-state index contributed by atoms with van der Waals surface area (Å²) in [6.45, 7) is 11.1. The zero-order chi connectivity index (χ0) is 21.6. The monoisotopic (exact) mass is 422 g/mol. The van der Waals surface area contributed by atoms with Gasteiger partial charge < -0.3 is 14.5 Å². The Morgan fingerprint density at radius 1 is 1.10 bits per heavy atom. The molecule has 166 valence electrons. The Hall–Kier alpha value is -2.60. The molecule has 1 aromatic heterocycles. The Balaban J connectivity index is 1.22. The van der Waals surface area contributed by atoms with Crippen LogP contribution in [0.15, 0.2) is 42.6 Å². The van der Waals surface area contributed by atoms with E-state index in [1.54, 1.807) is 0 Å². The predicted molar refractivity (Wildman–Crippen MR) is 124 cm³/mol. The van der Waals surface area contributed by atoms with Gasteiger partial charge in [-0.25, -0.2) is 4.98 Å². The molecule has 1 atom stereocenters. The van der Waals surface area contributed by atoms with E-state index in [9.17, 15) is 4.79 Å². The van der Waals surface area contributed by atoms with Gasteiger partial charge in [-0.2, -0.15) is 0 Å². The molecule has 2 fully saturated rings. The van der Waals surface area contributed by atoms with Crippen molar-refractivity contribution in [2.24, 2.45) is 5.92 Å². The standard InChI is InChI=1S/C25H34N4O2/c1-20-8-9-23(21(2)16-20)31-19-25(30)29-11-5-6-22(18-29)17-27-12-14-28(15-13-27)24-7-3-4-10-26-24/h3-4,7-10,16,22H,5-6,11-15,17-19H2,1-2H3. The first kappa shape index (κ1) is 21.6. The fourth-order valence-corrected chi connectivity index (χ4v) is 4.70. The summed E-state index contributed by atoms with van der Waals surface area (Å²) in [5.74, 6) is 2.52. The summed E-state index contributed by atoms with van der Waals surface area (Å²) >= 11 is 0. The van der Waals surface area contributed by atoms with Crippen LogP contribution < -0.4 is 9.64 Å². The van der Waals surface area contributed by atoms with Gasteiger partial charge in [0.05, 0.1) is 0 Å². The number of anilines is 1. The highest BCUT2D eigenvalue weighted by molar-refractivity contribution is 5.78. The number of piperazine rings is 1. The molecule has 3 heterocycles. The quantitative estimate of drug-likeness (QED) is 0.716. The maximum Gasteiger partial charge on any atom is 0.260 e. The molecule has 0 spiro atoms. The number of piperidine rings is 1.